The molecule has 1 aliphatic heterocycles. The Morgan fingerprint density at radius 2 is 1.33 bits per heavy atom. The second-order valence-electron chi connectivity index (χ2n) is 6.45. The Morgan fingerprint density at radius 1 is 0.867 bits per heavy atom. The number of nitrogens with one attached hydrogen (secondary N) is 1. The third kappa shape index (κ3) is 18.6. The van der Waals surface area contributed by atoms with Crippen LogP contribution in [0.3, 0.4) is 0 Å². The van der Waals surface area contributed by atoms with Crippen molar-refractivity contribution in [1.29, 1.82) is 0 Å². The fourth-order valence-electron chi connectivity index (χ4n) is 3.29. The normalized spacial score (nSPS) is 15.5. The van der Waals surface area contributed by atoms with Gasteiger partial charge in [-0.2, -0.15) is 0 Å². The monoisotopic (exact) mass is 426 g/mol. The third-order valence-corrected chi connectivity index (χ3v) is 4.66. The SMILES string of the molecule is CC.CC.CC.CC.O=C(O)C1CCCCC1.c1ccc(C[NH+]2CC[NH2+]CC2)cc1. The van der Waals surface area contributed by atoms with Crippen molar-refractivity contribution >= 4 is 5.97 Å². The Kier molecular flexibility index (Phi) is 30.6. The van der Waals surface area contributed by atoms with Gasteiger partial charge in [-0.25, -0.2) is 0 Å². The van der Waals surface area contributed by atoms with Crippen LogP contribution in [-0.4, -0.2) is 37.3 Å². The lowest BCUT2D eigenvalue weighted by atomic mass is 9.90. The molecular weight excluding hydrogens is 372 g/mol. The molecule has 1 aliphatic carbocycles. The Bertz CT molecular complexity index is 426. The molecule has 4 N–H and O–H groups in total. The summed E-state index contributed by atoms with van der Waals surface area (Å²) in [6.07, 6.45) is 5.24. The first-order valence-corrected chi connectivity index (χ1v) is 12.7. The summed E-state index contributed by atoms with van der Waals surface area (Å²) >= 11 is 0. The van der Waals surface area contributed by atoms with E-state index in [0.717, 1.165) is 25.7 Å². The Hall–Kier alpha value is -1.39. The Morgan fingerprint density at radius 3 is 1.73 bits per heavy atom. The van der Waals surface area contributed by atoms with E-state index < -0.39 is 5.97 Å². The molecule has 1 aromatic rings. The van der Waals surface area contributed by atoms with Gasteiger partial charge in [0, 0.05) is 5.56 Å². The number of benzene rings is 1. The molecule has 0 unspecified atom stereocenters. The molecule has 0 amide bonds. The van der Waals surface area contributed by atoms with Gasteiger partial charge < -0.3 is 15.3 Å². The quantitative estimate of drug-likeness (QED) is 0.671. The summed E-state index contributed by atoms with van der Waals surface area (Å²) in [7, 11) is 0. The first-order chi connectivity index (χ1) is 14.8. The van der Waals surface area contributed by atoms with Crippen molar-refractivity contribution in [3.8, 4) is 0 Å². The molecule has 0 aromatic heterocycles. The smallest absolute Gasteiger partial charge is 0.306 e. The van der Waals surface area contributed by atoms with E-state index in [4.69, 9.17) is 5.11 Å². The van der Waals surface area contributed by atoms with Gasteiger partial charge >= 0.3 is 5.97 Å². The van der Waals surface area contributed by atoms with E-state index >= 15 is 0 Å². The fraction of sp³-hybridized carbons (Fsp3) is 0.731. The molecule has 4 nitrogen and oxygen atoms in total. The van der Waals surface area contributed by atoms with Gasteiger partial charge in [-0.05, 0) is 12.8 Å². The zero-order chi connectivity index (χ0) is 23.6. The summed E-state index contributed by atoms with van der Waals surface area (Å²) in [6, 6.07) is 10.8. The van der Waals surface area contributed by atoms with Crippen LogP contribution in [0.25, 0.3) is 0 Å². The molecule has 0 atom stereocenters. The van der Waals surface area contributed by atoms with Crippen LogP contribution in [0.2, 0.25) is 0 Å². The minimum absolute atomic E-state index is 0.0289. The summed E-state index contributed by atoms with van der Waals surface area (Å²) in [4.78, 5) is 12.1. The largest absolute Gasteiger partial charge is 0.481 e. The van der Waals surface area contributed by atoms with Crippen LogP contribution in [0.5, 0.6) is 0 Å². The number of rotatable bonds is 3. The standard InChI is InChI=1S/C11H16N2.C7H12O2.4C2H6/c1-2-4-11(5-3-1)10-13-8-6-12-7-9-13;8-7(9)6-4-2-1-3-5-6;4*1-2/h1-5,12H,6-10H2;6H,1-5H2,(H,8,9);4*1-2H3/p+2. The maximum Gasteiger partial charge on any atom is 0.306 e. The lowest BCUT2D eigenvalue weighted by Gasteiger charge is -2.22. The van der Waals surface area contributed by atoms with Crippen LogP contribution in [0, 0.1) is 5.92 Å². The molecule has 4 heteroatoms. The highest BCUT2D eigenvalue weighted by Gasteiger charge is 2.19. The number of carbonyl (C=O) groups is 1. The maximum absolute atomic E-state index is 10.4. The van der Waals surface area contributed by atoms with Crippen molar-refractivity contribution in [2.24, 2.45) is 5.92 Å². The highest BCUT2D eigenvalue weighted by atomic mass is 16.4. The number of nitrogens with two attached hydrogens (primary N) is 1. The summed E-state index contributed by atoms with van der Waals surface area (Å²) in [5, 5.41) is 10.9. The van der Waals surface area contributed by atoms with Crippen LogP contribution >= 0.6 is 0 Å². The Balaban J connectivity index is -0.000000377. The van der Waals surface area contributed by atoms with Crippen molar-refractivity contribution in [3.05, 3.63) is 35.9 Å². The Labute approximate surface area is 188 Å². The number of hydrogen-bond donors (Lipinski definition) is 3. The first kappa shape index (κ1) is 33.3. The molecule has 1 saturated carbocycles. The number of quaternary nitrogens is 2. The second kappa shape index (κ2) is 27.6. The average molecular weight is 427 g/mol. The van der Waals surface area contributed by atoms with E-state index in [1.165, 1.54) is 44.7 Å². The van der Waals surface area contributed by atoms with E-state index in [2.05, 4.69) is 35.6 Å². The van der Waals surface area contributed by atoms with E-state index in [-0.39, 0.29) is 5.92 Å². The molecule has 0 bridgehead atoms. The van der Waals surface area contributed by atoms with Crippen molar-refractivity contribution in [3.63, 3.8) is 0 Å². The molecule has 3 rings (SSSR count). The summed E-state index contributed by atoms with van der Waals surface area (Å²) in [5.74, 6) is -0.631. The zero-order valence-electron chi connectivity index (χ0n) is 21.5. The van der Waals surface area contributed by atoms with Crippen molar-refractivity contribution < 1.29 is 20.1 Å². The average Bonchev–Trinajstić information content (AvgIpc) is 2.86. The van der Waals surface area contributed by atoms with E-state index in [9.17, 15) is 4.79 Å². The van der Waals surface area contributed by atoms with Gasteiger partial charge in [0.1, 0.15) is 32.7 Å². The highest BCUT2D eigenvalue weighted by Crippen LogP contribution is 2.23. The summed E-state index contributed by atoms with van der Waals surface area (Å²) in [6.45, 7) is 22.4. The molecular formula is C26H54N2O2+2. The van der Waals surface area contributed by atoms with Crippen molar-refractivity contribution in [1.82, 2.24) is 0 Å². The maximum atomic E-state index is 10.4. The molecule has 1 aromatic carbocycles. The highest BCUT2D eigenvalue weighted by molar-refractivity contribution is 5.69. The molecule has 1 heterocycles. The van der Waals surface area contributed by atoms with Crippen molar-refractivity contribution in [2.45, 2.75) is 94.0 Å². The topological polar surface area (TPSA) is 58.3 Å². The minimum Gasteiger partial charge on any atom is -0.481 e. The van der Waals surface area contributed by atoms with Crippen LogP contribution in [-0.2, 0) is 11.3 Å². The van der Waals surface area contributed by atoms with Crippen LogP contribution in [0.15, 0.2) is 30.3 Å². The molecule has 30 heavy (non-hydrogen) atoms. The summed E-state index contributed by atoms with van der Waals surface area (Å²) < 4.78 is 0. The van der Waals surface area contributed by atoms with E-state index in [1.807, 2.05) is 55.4 Å². The zero-order valence-corrected chi connectivity index (χ0v) is 21.5. The van der Waals surface area contributed by atoms with Crippen molar-refractivity contribution in [2.75, 3.05) is 26.2 Å². The van der Waals surface area contributed by atoms with Gasteiger partial charge in [0.25, 0.3) is 0 Å². The van der Waals surface area contributed by atoms with Crippen LogP contribution in [0.4, 0.5) is 0 Å². The van der Waals surface area contributed by atoms with Gasteiger partial charge in [-0.1, -0.05) is 105 Å². The molecule has 178 valence electrons. The number of piperazine rings is 1. The van der Waals surface area contributed by atoms with Gasteiger partial charge in [-0.3, -0.25) is 4.79 Å². The number of carboxylic acids is 1. The predicted molar refractivity (Wildman–Crippen MR) is 132 cm³/mol. The van der Waals surface area contributed by atoms with Gasteiger partial charge in [-0.15, -0.1) is 0 Å². The minimum atomic E-state index is -0.602. The number of hydrogen-bond acceptors (Lipinski definition) is 1. The molecule has 2 fully saturated rings. The van der Waals surface area contributed by atoms with Gasteiger partial charge in [0.2, 0.25) is 0 Å². The number of carboxylic acid groups (broad SMARTS) is 1. The predicted octanol–water partition coefficient (Wildman–Crippen LogP) is 4.40. The molecule has 0 radical (unpaired) electrons. The van der Waals surface area contributed by atoms with Crippen LogP contribution < -0.4 is 10.2 Å². The van der Waals surface area contributed by atoms with E-state index in [0.29, 0.717) is 0 Å². The first-order valence-electron chi connectivity index (χ1n) is 12.7. The number of aliphatic carboxylic acids is 1. The van der Waals surface area contributed by atoms with Gasteiger partial charge in [0.15, 0.2) is 0 Å². The fourth-order valence-corrected chi connectivity index (χ4v) is 3.29. The van der Waals surface area contributed by atoms with Gasteiger partial charge in [0.05, 0.1) is 5.92 Å². The molecule has 1 saturated heterocycles. The van der Waals surface area contributed by atoms with E-state index in [1.54, 1.807) is 4.90 Å². The second-order valence-corrected chi connectivity index (χ2v) is 6.45. The summed E-state index contributed by atoms with van der Waals surface area (Å²) in [5.41, 5.74) is 1.47. The lowest BCUT2D eigenvalue weighted by molar-refractivity contribution is -0.958. The molecule has 2 aliphatic rings. The molecule has 0 spiro atoms. The van der Waals surface area contributed by atoms with Crippen LogP contribution in [0.1, 0.15) is 93.1 Å². The lowest BCUT2D eigenvalue weighted by Crippen LogP contribution is -3.19. The third-order valence-electron chi connectivity index (χ3n) is 4.66.